The van der Waals surface area contributed by atoms with Gasteiger partial charge in [0.15, 0.2) is 11.6 Å². The summed E-state index contributed by atoms with van der Waals surface area (Å²) in [6, 6.07) is 11.9. The molecule has 35 heavy (non-hydrogen) atoms. The Balaban J connectivity index is 1.23. The molecule has 2 saturated heterocycles. The van der Waals surface area contributed by atoms with Crippen molar-refractivity contribution in [2.75, 3.05) is 39.3 Å². The van der Waals surface area contributed by atoms with Crippen LogP contribution in [0.25, 0.3) is 21.8 Å². The molecule has 2 aromatic carbocycles. The second-order valence-corrected chi connectivity index (χ2v) is 10.5. The Morgan fingerprint density at radius 2 is 1.06 bits per heavy atom. The summed E-state index contributed by atoms with van der Waals surface area (Å²) in [5.74, 6) is 0.423. The molecule has 3 aromatic rings. The fourth-order valence-corrected chi connectivity index (χ4v) is 5.83. The monoisotopic (exact) mass is 473 g/mol. The van der Waals surface area contributed by atoms with Crippen molar-refractivity contribution in [3.63, 3.8) is 0 Å². The minimum absolute atomic E-state index is 0.211. The van der Waals surface area contributed by atoms with Crippen molar-refractivity contribution >= 4 is 33.4 Å². The molecule has 1 N–H and O–H groups in total. The minimum Gasteiger partial charge on any atom is -0.355 e. The van der Waals surface area contributed by atoms with Crippen LogP contribution >= 0.6 is 0 Å². The van der Waals surface area contributed by atoms with E-state index in [2.05, 4.69) is 14.8 Å². The number of fused-ring (bicyclic) bond motifs is 3. The number of carbonyl (C=O) groups is 2. The Labute approximate surface area is 208 Å². The predicted octanol–water partition coefficient (Wildman–Crippen LogP) is 6.22. The normalized spacial score (nSPS) is 17.8. The summed E-state index contributed by atoms with van der Waals surface area (Å²) >= 11 is 0. The Kier molecular flexibility index (Phi) is 7.95. The van der Waals surface area contributed by atoms with Gasteiger partial charge in [0.25, 0.3) is 0 Å². The minimum atomic E-state index is 0.211. The number of benzene rings is 2. The number of H-pyrrole nitrogens is 1. The van der Waals surface area contributed by atoms with Gasteiger partial charge in [-0.05, 0) is 114 Å². The Morgan fingerprint density at radius 3 is 1.49 bits per heavy atom. The number of piperidine rings is 2. The second kappa shape index (κ2) is 11.5. The first kappa shape index (κ1) is 24.2. The topological polar surface area (TPSA) is 56.4 Å². The van der Waals surface area contributed by atoms with Crippen LogP contribution in [0.5, 0.6) is 0 Å². The molecule has 0 radical (unpaired) electrons. The zero-order chi connectivity index (χ0) is 24.0. The highest BCUT2D eigenvalue weighted by atomic mass is 16.1. The highest BCUT2D eigenvalue weighted by molar-refractivity contribution is 6.12. The number of aromatic nitrogens is 1. The van der Waals surface area contributed by atoms with E-state index in [4.69, 9.17) is 0 Å². The maximum Gasteiger partial charge on any atom is 0.162 e. The van der Waals surface area contributed by atoms with Crippen molar-refractivity contribution in [1.29, 1.82) is 0 Å². The van der Waals surface area contributed by atoms with Gasteiger partial charge in [-0.15, -0.1) is 0 Å². The van der Waals surface area contributed by atoms with E-state index in [9.17, 15) is 9.59 Å². The number of ketones is 2. The quantitative estimate of drug-likeness (QED) is 0.355. The van der Waals surface area contributed by atoms with Gasteiger partial charge in [-0.25, -0.2) is 0 Å². The van der Waals surface area contributed by atoms with Crippen LogP contribution in [0.15, 0.2) is 36.4 Å². The largest absolute Gasteiger partial charge is 0.355 e. The third-order valence-electron chi connectivity index (χ3n) is 7.90. The molecule has 2 aliphatic rings. The highest BCUT2D eigenvalue weighted by Gasteiger charge is 2.15. The van der Waals surface area contributed by atoms with Crippen LogP contribution in [-0.2, 0) is 0 Å². The lowest BCUT2D eigenvalue weighted by atomic mass is 10.0. The summed E-state index contributed by atoms with van der Waals surface area (Å²) in [4.78, 5) is 34.3. The molecule has 0 unspecified atom stereocenters. The molecule has 0 saturated carbocycles. The smallest absolute Gasteiger partial charge is 0.162 e. The molecular formula is C30H39N3O2. The molecule has 0 amide bonds. The third-order valence-corrected chi connectivity index (χ3v) is 7.90. The van der Waals surface area contributed by atoms with E-state index in [0.29, 0.717) is 12.8 Å². The summed E-state index contributed by atoms with van der Waals surface area (Å²) in [6.07, 6.45) is 10.8. The zero-order valence-electron chi connectivity index (χ0n) is 21.0. The lowest BCUT2D eigenvalue weighted by Gasteiger charge is -2.26. The van der Waals surface area contributed by atoms with E-state index in [1.165, 1.54) is 64.7 Å². The Bertz CT molecular complexity index is 1080. The lowest BCUT2D eigenvalue weighted by molar-refractivity contribution is 0.0965. The van der Waals surface area contributed by atoms with Crippen molar-refractivity contribution in [2.45, 2.75) is 64.2 Å². The molecule has 5 heteroatoms. The van der Waals surface area contributed by atoms with E-state index >= 15 is 0 Å². The Morgan fingerprint density at radius 1 is 0.629 bits per heavy atom. The number of nitrogens with one attached hydrogen (secondary N) is 1. The van der Waals surface area contributed by atoms with Crippen molar-refractivity contribution in [1.82, 2.24) is 14.8 Å². The summed E-state index contributed by atoms with van der Waals surface area (Å²) in [7, 11) is 0. The van der Waals surface area contributed by atoms with E-state index in [-0.39, 0.29) is 11.6 Å². The molecule has 5 nitrogen and oxygen atoms in total. The predicted molar refractivity (Wildman–Crippen MR) is 144 cm³/mol. The van der Waals surface area contributed by atoms with Crippen molar-refractivity contribution < 1.29 is 9.59 Å². The zero-order valence-corrected chi connectivity index (χ0v) is 21.0. The molecule has 0 spiro atoms. The van der Waals surface area contributed by atoms with Crippen LogP contribution in [0.2, 0.25) is 0 Å². The number of aromatic amines is 1. The number of Topliss-reactive ketones (excluding diaryl/α,β-unsaturated/α-hetero) is 2. The molecule has 0 aliphatic carbocycles. The number of hydrogen-bond acceptors (Lipinski definition) is 4. The summed E-state index contributed by atoms with van der Waals surface area (Å²) in [5, 5.41) is 2.06. The van der Waals surface area contributed by atoms with Gasteiger partial charge in [-0.3, -0.25) is 9.59 Å². The van der Waals surface area contributed by atoms with Gasteiger partial charge in [0.2, 0.25) is 0 Å². The molecule has 3 heterocycles. The first-order valence-corrected chi connectivity index (χ1v) is 13.7. The fraction of sp³-hybridized carbons (Fsp3) is 0.533. The van der Waals surface area contributed by atoms with E-state index in [1.807, 2.05) is 36.4 Å². The first-order chi connectivity index (χ1) is 17.2. The van der Waals surface area contributed by atoms with Gasteiger partial charge in [0, 0.05) is 45.8 Å². The molecule has 186 valence electrons. The van der Waals surface area contributed by atoms with Gasteiger partial charge in [-0.2, -0.15) is 0 Å². The summed E-state index contributed by atoms with van der Waals surface area (Å²) < 4.78 is 0. The van der Waals surface area contributed by atoms with Crippen LogP contribution in [-0.4, -0.2) is 65.6 Å². The van der Waals surface area contributed by atoms with Crippen LogP contribution < -0.4 is 0 Å². The average molecular weight is 474 g/mol. The SMILES string of the molecule is O=C(CCCN1CCCCC1)c1ccc2[nH]c3ccc(C(=O)CCCN4CCCCC4)cc3c2c1. The molecule has 0 atom stereocenters. The third kappa shape index (κ3) is 6.02. The number of likely N-dealkylation sites (tertiary alicyclic amines) is 2. The number of nitrogens with zero attached hydrogens (tertiary/aromatic N) is 2. The molecule has 1 aromatic heterocycles. The maximum absolute atomic E-state index is 12.9. The fourth-order valence-electron chi connectivity index (χ4n) is 5.83. The standard InChI is InChI=1S/C30H39N3O2/c34-29(9-7-19-32-15-3-1-4-16-32)23-11-13-27-25(21-23)26-22-24(12-14-28(26)31-27)30(35)10-8-20-33-17-5-2-6-18-33/h11-14,21-22,31H,1-10,15-20H2. The van der Waals surface area contributed by atoms with Crippen LogP contribution in [0, 0.1) is 0 Å². The van der Waals surface area contributed by atoms with Crippen LogP contribution in [0.1, 0.15) is 84.9 Å². The van der Waals surface area contributed by atoms with E-state index in [0.717, 1.165) is 58.9 Å². The van der Waals surface area contributed by atoms with E-state index < -0.39 is 0 Å². The second-order valence-electron chi connectivity index (χ2n) is 10.5. The van der Waals surface area contributed by atoms with Gasteiger partial charge in [0.1, 0.15) is 0 Å². The van der Waals surface area contributed by atoms with Crippen molar-refractivity contribution in [3.8, 4) is 0 Å². The summed E-state index contributed by atoms with van der Waals surface area (Å²) in [5.41, 5.74) is 3.57. The van der Waals surface area contributed by atoms with E-state index in [1.54, 1.807) is 0 Å². The number of rotatable bonds is 10. The van der Waals surface area contributed by atoms with Gasteiger partial charge in [-0.1, -0.05) is 12.8 Å². The number of hydrogen-bond donors (Lipinski definition) is 1. The molecule has 5 rings (SSSR count). The van der Waals surface area contributed by atoms with Crippen molar-refractivity contribution in [2.24, 2.45) is 0 Å². The Hall–Kier alpha value is -2.50. The molecule has 2 fully saturated rings. The van der Waals surface area contributed by atoms with Gasteiger partial charge in [0.05, 0.1) is 0 Å². The molecule has 0 bridgehead atoms. The highest BCUT2D eigenvalue weighted by Crippen LogP contribution is 2.28. The van der Waals surface area contributed by atoms with Gasteiger partial charge >= 0.3 is 0 Å². The molecular weight excluding hydrogens is 434 g/mol. The summed E-state index contributed by atoms with van der Waals surface area (Å²) in [6.45, 7) is 6.74. The number of carbonyl (C=O) groups excluding carboxylic acids is 2. The van der Waals surface area contributed by atoms with Crippen LogP contribution in [0.3, 0.4) is 0 Å². The molecule has 2 aliphatic heterocycles. The maximum atomic E-state index is 12.9. The van der Waals surface area contributed by atoms with Crippen molar-refractivity contribution in [3.05, 3.63) is 47.5 Å². The lowest BCUT2D eigenvalue weighted by Crippen LogP contribution is -2.30. The van der Waals surface area contributed by atoms with Gasteiger partial charge < -0.3 is 14.8 Å². The first-order valence-electron chi connectivity index (χ1n) is 13.7. The average Bonchev–Trinajstić information content (AvgIpc) is 3.27. The van der Waals surface area contributed by atoms with Crippen LogP contribution in [0.4, 0.5) is 0 Å².